The van der Waals surface area contributed by atoms with Gasteiger partial charge < -0.3 is 26.2 Å². The van der Waals surface area contributed by atoms with Crippen molar-refractivity contribution in [1.29, 1.82) is 0 Å². The summed E-state index contributed by atoms with van der Waals surface area (Å²) in [6, 6.07) is -0.243. The Bertz CT molecular complexity index is 341. The molecule has 0 amide bonds. The minimum absolute atomic E-state index is 0.0369. The number of Topliss-reactive ketones (excluding diaryl/α,β-unsaturated/α-hetero) is 1. The first-order chi connectivity index (χ1) is 9.69. The van der Waals surface area contributed by atoms with Crippen molar-refractivity contribution >= 4 is 18.9 Å². The lowest BCUT2D eigenvalue weighted by molar-refractivity contribution is -0.144. The van der Waals surface area contributed by atoms with Gasteiger partial charge in [-0.25, -0.2) is 0 Å². The molecule has 2 atom stereocenters. The zero-order chi connectivity index (χ0) is 16.5. The van der Waals surface area contributed by atoms with Gasteiger partial charge in [-0.05, 0) is 46.0 Å². The molecule has 8 heteroatoms. The Kier molecular flexibility index (Phi) is 9.44. The van der Waals surface area contributed by atoms with E-state index in [1.165, 1.54) is 6.92 Å². The van der Waals surface area contributed by atoms with Gasteiger partial charge in [0.25, 0.3) is 0 Å². The van der Waals surface area contributed by atoms with E-state index in [-0.39, 0.29) is 24.6 Å². The molecule has 2 unspecified atom stereocenters. The second kappa shape index (κ2) is 9.89. The molecular formula is C13H27BN2O5. The van der Waals surface area contributed by atoms with Crippen molar-refractivity contribution in [3.8, 4) is 0 Å². The van der Waals surface area contributed by atoms with Crippen LogP contribution < -0.4 is 11.1 Å². The maximum absolute atomic E-state index is 11.3. The summed E-state index contributed by atoms with van der Waals surface area (Å²) in [4.78, 5) is 22.3. The molecule has 0 fully saturated rings. The molecule has 0 aromatic heterocycles. The van der Waals surface area contributed by atoms with E-state index in [1.807, 2.05) is 0 Å². The van der Waals surface area contributed by atoms with Crippen LogP contribution in [-0.2, 0) is 9.59 Å². The Morgan fingerprint density at radius 2 is 1.81 bits per heavy atom. The quantitative estimate of drug-likeness (QED) is 0.248. The topological polar surface area (TPSA) is 133 Å². The fourth-order valence-corrected chi connectivity index (χ4v) is 1.97. The molecule has 122 valence electrons. The maximum Gasteiger partial charge on any atom is 0.451 e. The summed E-state index contributed by atoms with van der Waals surface area (Å²) in [7, 11) is -1.36. The predicted octanol–water partition coefficient (Wildman–Crippen LogP) is -0.241. The van der Waals surface area contributed by atoms with Crippen molar-refractivity contribution < 1.29 is 24.7 Å². The Morgan fingerprint density at radius 1 is 1.24 bits per heavy atom. The summed E-state index contributed by atoms with van der Waals surface area (Å²) in [6.45, 7) is 3.79. The van der Waals surface area contributed by atoms with Crippen LogP contribution in [0.25, 0.3) is 0 Å². The third-order valence-corrected chi connectivity index (χ3v) is 3.62. The number of aliphatic carboxylic acids is 1. The Morgan fingerprint density at radius 3 is 2.29 bits per heavy atom. The molecule has 0 aliphatic carbocycles. The van der Waals surface area contributed by atoms with E-state index < -0.39 is 18.6 Å². The average molecular weight is 302 g/mol. The van der Waals surface area contributed by atoms with Gasteiger partial charge in [0, 0.05) is 0 Å². The molecule has 0 radical (unpaired) electrons. The molecule has 7 nitrogen and oxygen atoms in total. The number of rotatable bonds is 12. The van der Waals surface area contributed by atoms with E-state index >= 15 is 0 Å². The fraction of sp³-hybridized carbons (Fsp3) is 0.846. The lowest BCUT2D eigenvalue weighted by Crippen LogP contribution is -2.48. The van der Waals surface area contributed by atoms with Gasteiger partial charge in [0.05, 0.1) is 6.04 Å². The van der Waals surface area contributed by atoms with Crippen LogP contribution in [0.4, 0.5) is 0 Å². The van der Waals surface area contributed by atoms with E-state index in [9.17, 15) is 14.7 Å². The number of hydrogen-bond donors (Lipinski definition) is 5. The van der Waals surface area contributed by atoms with E-state index in [2.05, 4.69) is 5.32 Å². The van der Waals surface area contributed by atoms with E-state index in [0.29, 0.717) is 32.2 Å². The normalized spacial score (nSPS) is 15.3. The number of hydrogen-bond acceptors (Lipinski definition) is 6. The highest BCUT2D eigenvalue weighted by atomic mass is 16.4. The minimum atomic E-state index is -1.36. The van der Waals surface area contributed by atoms with Crippen LogP contribution in [0.15, 0.2) is 0 Å². The number of carboxylic acids is 1. The van der Waals surface area contributed by atoms with Gasteiger partial charge in [-0.3, -0.25) is 9.59 Å². The largest absolute Gasteiger partial charge is 0.480 e. The van der Waals surface area contributed by atoms with Crippen molar-refractivity contribution in [3.05, 3.63) is 0 Å². The van der Waals surface area contributed by atoms with Crippen LogP contribution in [0.1, 0.15) is 46.0 Å². The van der Waals surface area contributed by atoms with Crippen LogP contribution in [-0.4, -0.2) is 52.2 Å². The van der Waals surface area contributed by atoms with E-state index in [0.717, 1.165) is 0 Å². The summed E-state index contributed by atoms with van der Waals surface area (Å²) in [6.07, 6.45) is 2.41. The van der Waals surface area contributed by atoms with Crippen molar-refractivity contribution in [2.45, 2.75) is 63.9 Å². The molecule has 0 saturated heterocycles. The van der Waals surface area contributed by atoms with Crippen LogP contribution in [0.3, 0.4) is 0 Å². The van der Waals surface area contributed by atoms with Gasteiger partial charge in [0.1, 0.15) is 11.3 Å². The number of nitrogens with two attached hydrogens (primary N) is 1. The Balaban J connectivity index is 4.10. The first-order valence-corrected chi connectivity index (χ1v) is 7.31. The summed E-state index contributed by atoms with van der Waals surface area (Å²) < 4.78 is 0. The Labute approximate surface area is 126 Å². The van der Waals surface area contributed by atoms with Crippen molar-refractivity contribution in [2.75, 3.05) is 6.54 Å². The molecule has 0 heterocycles. The highest BCUT2D eigenvalue weighted by Crippen LogP contribution is 2.19. The zero-order valence-corrected chi connectivity index (χ0v) is 12.8. The summed E-state index contributed by atoms with van der Waals surface area (Å²) in [5, 5.41) is 29.7. The molecule has 21 heavy (non-hydrogen) atoms. The number of nitrogens with one attached hydrogen (secondary N) is 1. The summed E-state index contributed by atoms with van der Waals surface area (Å²) >= 11 is 0. The average Bonchev–Trinajstić information content (AvgIpc) is 2.39. The molecule has 0 aliphatic rings. The van der Waals surface area contributed by atoms with Crippen molar-refractivity contribution in [2.24, 2.45) is 5.73 Å². The van der Waals surface area contributed by atoms with Crippen LogP contribution in [0, 0.1) is 0 Å². The first-order valence-electron chi connectivity index (χ1n) is 7.31. The number of carbonyl (C=O) groups excluding carboxylic acids is 1. The second-order valence-corrected chi connectivity index (χ2v) is 5.58. The SMILES string of the molecule is CC(=O)C(C)NCCCC(N)(CCCCB(O)O)C(=O)O. The van der Waals surface area contributed by atoms with Gasteiger partial charge in [-0.15, -0.1) is 0 Å². The number of carbonyl (C=O) groups is 2. The Hall–Kier alpha value is -0.955. The van der Waals surface area contributed by atoms with Gasteiger partial charge in [-0.1, -0.05) is 12.8 Å². The highest BCUT2D eigenvalue weighted by Gasteiger charge is 2.32. The summed E-state index contributed by atoms with van der Waals surface area (Å²) in [5.41, 5.74) is 4.61. The molecule has 0 aromatic rings. The molecule has 0 saturated carbocycles. The maximum atomic E-state index is 11.3. The van der Waals surface area contributed by atoms with Crippen LogP contribution in [0.2, 0.25) is 6.32 Å². The van der Waals surface area contributed by atoms with Gasteiger partial charge >= 0.3 is 13.1 Å². The molecule has 0 rings (SSSR count). The van der Waals surface area contributed by atoms with Gasteiger partial charge in [-0.2, -0.15) is 0 Å². The molecule has 0 spiro atoms. The molecule has 0 aromatic carbocycles. The zero-order valence-electron chi connectivity index (χ0n) is 12.8. The van der Waals surface area contributed by atoms with Crippen molar-refractivity contribution in [1.82, 2.24) is 5.32 Å². The minimum Gasteiger partial charge on any atom is -0.480 e. The van der Waals surface area contributed by atoms with Gasteiger partial charge in [0.15, 0.2) is 0 Å². The first kappa shape index (κ1) is 20.0. The van der Waals surface area contributed by atoms with Crippen molar-refractivity contribution in [3.63, 3.8) is 0 Å². The monoisotopic (exact) mass is 302 g/mol. The second-order valence-electron chi connectivity index (χ2n) is 5.58. The summed E-state index contributed by atoms with van der Waals surface area (Å²) in [5.74, 6) is -1.01. The molecule has 6 N–H and O–H groups in total. The standard InChI is InChI=1S/C13H27BN2O5/c1-10(11(2)17)16-9-5-7-13(15,12(18)19)6-3-4-8-14(20)21/h10,16,20-21H,3-9,15H2,1-2H3,(H,18,19). The number of ketones is 1. The third-order valence-electron chi connectivity index (χ3n) is 3.62. The molecule has 0 bridgehead atoms. The van der Waals surface area contributed by atoms with E-state index in [4.69, 9.17) is 15.8 Å². The third kappa shape index (κ3) is 8.82. The van der Waals surface area contributed by atoms with Gasteiger partial charge in [0.2, 0.25) is 0 Å². The van der Waals surface area contributed by atoms with Crippen LogP contribution in [0.5, 0.6) is 0 Å². The smallest absolute Gasteiger partial charge is 0.451 e. The lowest BCUT2D eigenvalue weighted by Gasteiger charge is -2.25. The predicted molar refractivity (Wildman–Crippen MR) is 80.8 cm³/mol. The molecular weight excluding hydrogens is 275 g/mol. The number of unbranched alkanes of at least 4 members (excludes halogenated alkanes) is 1. The lowest BCUT2D eigenvalue weighted by atomic mass is 9.81. The van der Waals surface area contributed by atoms with Crippen LogP contribution >= 0.6 is 0 Å². The molecule has 0 aliphatic heterocycles. The fourth-order valence-electron chi connectivity index (χ4n) is 1.97. The van der Waals surface area contributed by atoms with E-state index in [1.54, 1.807) is 6.92 Å². The number of carboxylic acid groups (broad SMARTS) is 1. The highest BCUT2D eigenvalue weighted by molar-refractivity contribution is 6.40.